The largest absolute Gasteiger partial charge is 0.349 e. The van der Waals surface area contributed by atoms with Gasteiger partial charge in [-0.3, -0.25) is 19.0 Å². The molecule has 1 aliphatic carbocycles. The van der Waals surface area contributed by atoms with Crippen LogP contribution in [0.15, 0.2) is 52.2 Å². The van der Waals surface area contributed by atoms with Crippen molar-refractivity contribution < 1.29 is 4.79 Å². The molecule has 2 aromatic heterocycles. The van der Waals surface area contributed by atoms with Crippen molar-refractivity contribution in [2.24, 2.45) is 0 Å². The van der Waals surface area contributed by atoms with E-state index >= 15 is 0 Å². The Morgan fingerprint density at radius 2 is 1.73 bits per heavy atom. The molecule has 2 N–H and O–H groups in total. The lowest BCUT2D eigenvalue weighted by Crippen LogP contribution is -2.37. The Morgan fingerprint density at radius 1 is 1.03 bits per heavy atom. The molecule has 1 aromatic carbocycles. The van der Waals surface area contributed by atoms with E-state index in [1.807, 2.05) is 12.1 Å². The maximum atomic E-state index is 12.6. The third kappa shape index (κ3) is 4.50. The first-order valence-corrected chi connectivity index (χ1v) is 10.6. The smallest absolute Gasteiger partial charge is 0.318 e. The number of aromatic amines is 1. The zero-order valence-corrected chi connectivity index (χ0v) is 16.9. The van der Waals surface area contributed by atoms with E-state index in [1.54, 1.807) is 30.5 Å². The van der Waals surface area contributed by atoms with Gasteiger partial charge in [0.15, 0.2) is 5.65 Å². The molecular formula is C23H26N4O3. The molecular weight excluding hydrogens is 380 g/mol. The number of H-pyrrole nitrogens is 1. The van der Waals surface area contributed by atoms with Gasteiger partial charge in [0.1, 0.15) is 0 Å². The number of fused-ring (bicyclic) bond motifs is 1. The summed E-state index contributed by atoms with van der Waals surface area (Å²) < 4.78 is 1.36. The van der Waals surface area contributed by atoms with Crippen molar-refractivity contribution in [2.45, 2.75) is 57.5 Å². The van der Waals surface area contributed by atoms with E-state index in [2.05, 4.69) is 15.3 Å². The molecule has 30 heavy (non-hydrogen) atoms. The molecule has 0 radical (unpaired) electrons. The number of pyridine rings is 1. The fourth-order valence-electron chi connectivity index (χ4n) is 4.06. The van der Waals surface area contributed by atoms with Crippen LogP contribution in [-0.4, -0.2) is 26.5 Å². The predicted molar refractivity (Wildman–Crippen MR) is 116 cm³/mol. The van der Waals surface area contributed by atoms with Crippen LogP contribution >= 0.6 is 0 Å². The van der Waals surface area contributed by atoms with Crippen molar-refractivity contribution in [3.8, 4) is 0 Å². The zero-order valence-electron chi connectivity index (χ0n) is 16.9. The summed E-state index contributed by atoms with van der Waals surface area (Å²) in [5, 5.41) is 3.16. The SMILES string of the molecule is O=C(NC1CCCCCCC1)c1ccc(Cn2c(=O)c(=O)[nH]c3cccnc32)cc1. The van der Waals surface area contributed by atoms with E-state index in [0.29, 0.717) is 16.7 Å². The minimum absolute atomic E-state index is 0.0624. The van der Waals surface area contributed by atoms with Crippen LogP contribution in [-0.2, 0) is 6.54 Å². The monoisotopic (exact) mass is 406 g/mol. The van der Waals surface area contributed by atoms with Gasteiger partial charge < -0.3 is 10.3 Å². The van der Waals surface area contributed by atoms with Gasteiger partial charge in [0.05, 0.1) is 12.1 Å². The van der Waals surface area contributed by atoms with Crippen molar-refractivity contribution in [1.82, 2.24) is 19.9 Å². The predicted octanol–water partition coefficient (Wildman–Crippen LogP) is 2.98. The number of carbonyl (C=O) groups excluding carboxylic acids is 1. The highest BCUT2D eigenvalue weighted by Crippen LogP contribution is 2.18. The van der Waals surface area contributed by atoms with E-state index in [-0.39, 0.29) is 18.5 Å². The Hall–Kier alpha value is -3.22. The van der Waals surface area contributed by atoms with Gasteiger partial charge >= 0.3 is 11.1 Å². The molecule has 0 saturated heterocycles. The van der Waals surface area contributed by atoms with E-state index < -0.39 is 11.1 Å². The number of carbonyl (C=O) groups is 1. The fourth-order valence-corrected chi connectivity index (χ4v) is 4.06. The average Bonchev–Trinajstić information content (AvgIpc) is 2.73. The summed E-state index contributed by atoms with van der Waals surface area (Å²) in [5.74, 6) is -0.0624. The molecule has 2 heterocycles. The highest BCUT2D eigenvalue weighted by molar-refractivity contribution is 5.94. The number of hydrogen-bond donors (Lipinski definition) is 2. The lowest BCUT2D eigenvalue weighted by atomic mass is 9.96. The summed E-state index contributed by atoms with van der Waals surface area (Å²) in [4.78, 5) is 43.7. The molecule has 0 unspecified atom stereocenters. The van der Waals surface area contributed by atoms with Crippen molar-refractivity contribution in [3.05, 3.63) is 74.4 Å². The van der Waals surface area contributed by atoms with Gasteiger partial charge in [-0.2, -0.15) is 0 Å². The van der Waals surface area contributed by atoms with Crippen LogP contribution < -0.4 is 16.4 Å². The van der Waals surface area contributed by atoms with Crippen LogP contribution in [0, 0.1) is 0 Å². The van der Waals surface area contributed by atoms with Gasteiger partial charge in [-0.1, -0.05) is 44.2 Å². The first-order valence-electron chi connectivity index (χ1n) is 10.6. The van der Waals surface area contributed by atoms with E-state index in [4.69, 9.17) is 0 Å². The van der Waals surface area contributed by atoms with Gasteiger partial charge in [-0.05, 0) is 42.7 Å². The Balaban J connectivity index is 1.50. The van der Waals surface area contributed by atoms with E-state index in [0.717, 1.165) is 31.2 Å². The molecule has 4 rings (SSSR count). The molecule has 0 spiro atoms. The molecule has 1 fully saturated rings. The molecule has 1 amide bonds. The second-order valence-electron chi connectivity index (χ2n) is 7.93. The van der Waals surface area contributed by atoms with Gasteiger partial charge in [-0.25, -0.2) is 4.98 Å². The number of rotatable bonds is 4. The fraction of sp³-hybridized carbons (Fsp3) is 0.391. The Morgan fingerprint density at radius 3 is 2.47 bits per heavy atom. The normalized spacial score (nSPS) is 15.5. The lowest BCUT2D eigenvalue weighted by molar-refractivity contribution is 0.0930. The molecule has 7 nitrogen and oxygen atoms in total. The summed E-state index contributed by atoms with van der Waals surface area (Å²) in [7, 11) is 0. The lowest BCUT2D eigenvalue weighted by Gasteiger charge is -2.21. The second kappa shape index (κ2) is 9.07. The van der Waals surface area contributed by atoms with Gasteiger partial charge in [0, 0.05) is 17.8 Å². The number of aromatic nitrogens is 3. The highest BCUT2D eigenvalue weighted by atomic mass is 16.2. The van der Waals surface area contributed by atoms with E-state index in [1.165, 1.54) is 23.8 Å². The third-order valence-electron chi connectivity index (χ3n) is 5.73. The Bertz CT molecular complexity index is 1140. The first kappa shape index (κ1) is 20.1. The molecule has 0 bridgehead atoms. The minimum atomic E-state index is -0.675. The van der Waals surface area contributed by atoms with Crippen LogP contribution in [0.25, 0.3) is 11.2 Å². The van der Waals surface area contributed by atoms with Crippen LogP contribution in [0.5, 0.6) is 0 Å². The molecule has 0 atom stereocenters. The average molecular weight is 406 g/mol. The molecule has 1 aliphatic rings. The number of nitrogens with one attached hydrogen (secondary N) is 2. The molecule has 0 aliphatic heterocycles. The summed E-state index contributed by atoms with van der Waals surface area (Å²) in [6.45, 7) is 0.209. The van der Waals surface area contributed by atoms with Gasteiger partial charge in [-0.15, -0.1) is 0 Å². The Labute approximate surface area is 174 Å². The third-order valence-corrected chi connectivity index (χ3v) is 5.73. The molecule has 1 saturated carbocycles. The van der Waals surface area contributed by atoms with Crippen LogP contribution in [0.2, 0.25) is 0 Å². The quantitative estimate of drug-likeness (QED) is 0.651. The van der Waals surface area contributed by atoms with Crippen LogP contribution in [0.3, 0.4) is 0 Å². The zero-order chi connectivity index (χ0) is 20.9. The molecule has 3 aromatic rings. The Kier molecular flexibility index (Phi) is 6.07. The maximum absolute atomic E-state index is 12.6. The number of nitrogens with zero attached hydrogens (tertiary/aromatic N) is 2. The number of hydrogen-bond acceptors (Lipinski definition) is 4. The highest BCUT2D eigenvalue weighted by Gasteiger charge is 2.15. The van der Waals surface area contributed by atoms with Gasteiger partial charge in [0.25, 0.3) is 5.91 Å². The summed E-state index contributed by atoms with van der Waals surface area (Å²) >= 11 is 0. The topological polar surface area (TPSA) is 96.9 Å². The second-order valence-corrected chi connectivity index (χ2v) is 7.93. The minimum Gasteiger partial charge on any atom is -0.349 e. The van der Waals surface area contributed by atoms with Crippen LogP contribution in [0.1, 0.15) is 60.9 Å². The van der Waals surface area contributed by atoms with Crippen molar-refractivity contribution >= 4 is 17.1 Å². The van der Waals surface area contributed by atoms with Crippen molar-refractivity contribution in [2.75, 3.05) is 0 Å². The summed E-state index contributed by atoms with van der Waals surface area (Å²) in [6.07, 6.45) is 9.76. The molecule has 156 valence electrons. The summed E-state index contributed by atoms with van der Waals surface area (Å²) in [6, 6.07) is 10.8. The number of amides is 1. The van der Waals surface area contributed by atoms with Crippen molar-refractivity contribution in [1.29, 1.82) is 0 Å². The first-order chi connectivity index (χ1) is 14.6. The standard InChI is InChI=1S/C23H26N4O3/c28-21(25-18-7-4-2-1-3-5-8-18)17-12-10-16(11-13-17)15-27-20-19(9-6-14-24-20)26-22(29)23(27)30/h6,9-14,18H,1-5,7-8,15H2,(H,25,28)(H,26,29). The van der Waals surface area contributed by atoms with Crippen LogP contribution in [0.4, 0.5) is 0 Å². The molecule has 7 heteroatoms. The van der Waals surface area contributed by atoms with Gasteiger partial charge in [0.2, 0.25) is 0 Å². The number of benzene rings is 1. The van der Waals surface area contributed by atoms with E-state index in [9.17, 15) is 14.4 Å². The summed E-state index contributed by atoms with van der Waals surface area (Å²) in [5.41, 5.74) is 1.03. The van der Waals surface area contributed by atoms with Crippen molar-refractivity contribution in [3.63, 3.8) is 0 Å². The maximum Gasteiger partial charge on any atom is 0.318 e.